The van der Waals surface area contributed by atoms with E-state index in [-0.39, 0.29) is 11.2 Å². The van der Waals surface area contributed by atoms with Crippen molar-refractivity contribution in [3.63, 3.8) is 0 Å². The first kappa shape index (κ1) is 17.5. The predicted molar refractivity (Wildman–Crippen MR) is 96.1 cm³/mol. The average Bonchev–Trinajstić information content (AvgIpc) is 2.48. The van der Waals surface area contributed by atoms with Gasteiger partial charge in [0.05, 0.1) is 5.25 Å². The topological polar surface area (TPSA) is 54.9 Å². The fourth-order valence-corrected chi connectivity index (χ4v) is 2.97. The number of aryl methyl sites for hydroxylation is 4. The summed E-state index contributed by atoms with van der Waals surface area (Å²) in [6.45, 7) is 11.8. The van der Waals surface area contributed by atoms with E-state index in [1.54, 1.807) is 0 Å². The van der Waals surface area contributed by atoms with E-state index in [9.17, 15) is 4.79 Å². The van der Waals surface area contributed by atoms with Crippen LogP contribution in [-0.4, -0.2) is 21.1 Å². The molecule has 0 bridgehead atoms. The first-order chi connectivity index (χ1) is 10.8. The number of aromatic nitrogens is 2. The van der Waals surface area contributed by atoms with Crippen LogP contribution in [-0.2, 0) is 4.79 Å². The lowest BCUT2D eigenvalue weighted by Crippen LogP contribution is -2.23. The van der Waals surface area contributed by atoms with Gasteiger partial charge in [-0.1, -0.05) is 23.9 Å². The summed E-state index contributed by atoms with van der Waals surface area (Å²) in [5.41, 5.74) is 6.06. The highest BCUT2D eigenvalue weighted by molar-refractivity contribution is 8.00. The molecule has 1 aromatic heterocycles. The van der Waals surface area contributed by atoms with E-state index in [0.29, 0.717) is 5.16 Å². The maximum atomic E-state index is 12.4. The van der Waals surface area contributed by atoms with Gasteiger partial charge in [0.25, 0.3) is 0 Å². The summed E-state index contributed by atoms with van der Waals surface area (Å²) in [4.78, 5) is 21.4. The van der Waals surface area contributed by atoms with Gasteiger partial charge in [-0.25, -0.2) is 9.97 Å². The van der Waals surface area contributed by atoms with Crippen LogP contribution >= 0.6 is 11.8 Å². The van der Waals surface area contributed by atoms with Gasteiger partial charge >= 0.3 is 0 Å². The molecule has 0 radical (unpaired) electrons. The minimum absolute atomic E-state index is 0.0387. The Morgan fingerprint density at radius 3 is 2.30 bits per heavy atom. The lowest BCUT2D eigenvalue weighted by molar-refractivity contribution is -0.115. The molecule has 2 aromatic rings. The highest BCUT2D eigenvalue weighted by Gasteiger charge is 2.18. The summed E-state index contributed by atoms with van der Waals surface area (Å²) in [5.74, 6) is -0.0387. The van der Waals surface area contributed by atoms with Crippen LogP contribution in [0.2, 0.25) is 0 Å². The van der Waals surface area contributed by atoms with Crippen molar-refractivity contribution in [1.29, 1.82) is 0 Å². The third-order valence-corrected chi connectivity index (χ3v) is 4.88. The molecule has 1 N–H and O–H groups in total. The van der Waals surface area contributed by atoms with Gasteiger partial charge < -0.3 is 5.32 Å². The Morgan fingerprint density at radius 2 is 1.70 bits per heavy atom. The number of anilines is 1. The van der Waals surface area contributed by atoms with E-state index in [0.717, 1.165) is 33.8 Å². The van der Waals surface area contributed by atoms with Crippen molar-refractivity contribution in [3.05, 3.63) is 46.3 Å². The average molecular weight is 329 g/mol. The Hall–Kier alpha value is -1.88. The van der Waals surface area contributed by atoms with Crippen LogP contribution in [0.1, 0.15) is 35.0 Å². The fourth-order valence-electron chi connectivity index (χ4n) is 2.11. The summed E-state index contributed by atoms with van der Waals surface area (Å²) < 4.78 is 0. The number of carbonyl (C=O) groups is 1. The van der Waals surface area contributed by atoms with Gasteiger partial charge in [0.2, 0.25) is 5.91 Å². The van der Waals surface area contributed by atoms with Gasteiger partial charge in [-0.3, -0.25) is 4.79 Å². The molecule has 1 heterocycles. The zero-order valence-electron chi connectivity index (χ0n) is 14.5. The first-order valence-electron chi connectivity index (χ1n) is 7.64. The van der Waals surface area contributed by atoms with Crippen molar-refractivity contribution in [1.82, 2.24) is 9.97 Å². The Balaban J connectivity index is 2.10. The van der Waals surface area contributed by atoms with Crippen LogP contribution < -0.4 is 5.32 Å². The van der Waals surface area contributed by atoms with Crippen LogP contribution in [0.4, 0.5) is 5.69 Å². The Kier molecular flexibility index (Phi) is 5.42. The summed E-state index contributed by atoms with van der Waals surface area (Å²) in [6.07, 6.45) is 0. The molecule has 1 aromatic carbocycles. The van der Waals surface area contributed by atoms with E-state index in [1.165, 1.54) is 11.8 Å². The molecule has 0 saturated heterocycles. The molecule has 0 unspecified atom stereocenters. The van der Waals surface area contributed by atoms with Crippen LogP contribution in [0.25, 0.3) is 0 Å². The van der Waals surface area contributed by atoms with E-state index in [2.05, 4.69) is 15.3 Å². The molecule has 1 atom stereocenters. The monoisotopic (exact) mass is 329 g/mol. The van der Waals surface area contributed by atoms with Crippen molar-refractivity contribution in [2.45, 2.75) is 51.9 Å². The summed E-state index contributed by atoms with van der Waals surface area (Å²) >= 11 is 1.38. The number of carbonyl (C=O) groups excluding carboxylic acids is 1. The molecule has 122 valence electrons. The van der Waals surface area contributed by atoms with Gasteiger partial charge in [-0.2, -0.15) is 0 Å². The number of hydrogen-bond acceptors (Lipinski definition) is 4. The number of benzene rings is 1. The zero-order valence-corrected chi connectivity index (χ0v) is 15.3. The summed E-state index contributed by atoms with van der Waals surface area (Å²) in [6, 6.07) is 6.04. The molecule has 5 heteroatoms. The molecule has 1 amide bonds. The van der Waals surface area contributed by atoms with E-state index in [1.807, 2.05) is 59.7 Å². The van der Waals surface area contributed by atoms with Gasteiger partial charge in [-0.15, -0.1) is 0 Å². The highest BCUT2D eigenvalue weighted by Crippen LogP contribution is 2.24. The molecule has 2 rings (SSSR count). The molecule has 0 aliphatic heterocycles. The van der Waals surface area contributed by atoms with Gasteiger partial charge in [0.15, 0.2) is 5.16 Å². The number of rotatable bonds is 4. The number of thioether (sulfide) groups is 1. The minimum Gasteiger partial charge on any atom is -0.325 e. The first-order valence-corrected chi connectivity index (χ1v) is 8.52. The van der Waals surface area contributed by atoms with Crippen molar-refractivity contribution < 1.29 is 4.79 Å². The Morgan fingerprint density at radius 1 is 1.09 bits per heavy atom. The third kappa shape index (κ3) is 4.32. The zero-order chi connectivity index (χ0) is 17.1. The maximum Gasteiger partial charge on any atom is 0.237 e. The normalized spacial score (nSPS) is 12.1. The van der Waals surface area contributed by atoms with Crippen LogP contribution in [0.15, 0.2) is 23.4 Å². The molecule has 0 aliphatic rings. The molecular weight excluding hydrogens is 306 g/mol. The largest absolute Gasteiger partial charge is 0.325 e. The van der Waals surface area contributed by atoms with Crippen LogP contribution in [0.5, 0.6) is 0 Å². The van der Waals surface area contributed by atoms with Crippen LogP contribution in [0.3, 0.4) is 0 Å². The second kappa shape index (κ2) is 7.13. The standard InChI is InChI=1S/C18H23N3OS/c1-10-7-8-11(2)16(9-10)21-17(22)15(6)23-18-19-13(4)12(3)14(5)20-18/h7-9,15H,1-6H3,(H,21,22)/t15-/m1/s1. The van der Waals surface area contributed by atoms with E-state index < -0.39 is 0 Å². The van der Waals surface area contributed by atoms with Gasteiger partial charge in [0, 0.05) is 17.1 Å². The van der Waals surface area contributed by atoms with Crippen molar-refractivity contribution in [3.8, 4) is 0 Å². The Bertz CT molecular complexity index is 720. The minimum atomic E-state index is -0.267. The smallest absolute Gasteiger partial charge is 0.237 e. The molecule has 23 heavy (non-hydrogen) atoms. The van der Waals surface area contributed by atoms with Gasteiger partial charge in [-0.05, 0) is 64.3 Å². The number of nitrogens with zero attached hydrogens (tertiary/aromatic N) is 2. The second-order valence-electron chi connectivity index (χ2n) is 5.87. The third-order valence-electron chi connectivity index (χ3n) is 3.91. The fraction of sp³-hybridized carbons (Fsp3) is 0.389. The Labute approximate surface area is 142 Å². The SMILES string of the molecule is Cc1ccc(C)c(NC(=O)[C@@H](C)Sc2nc(C)c(C)c(C)n2)c1. The molecule has 0 spiro atoms. The molecule has 0 saturated carbocycles. The van der Waals surface area contributed by atoms with Crippen LogP contribution in [0, 0.1) is 34.6 Å². The molecule has 0 aliphatic carbocycles. The number of hydrogen-bond donors (Lipinski definition) is 1. The molecule has 4 nitrogen and oxygen atoms in total. The van der Waals surface area contributed by atoms with Gasteiger partial charge in [0.1, 0.15) is 0 Å². The lowest BCUT2D eigenvalue weighted by Gasteiger charge is -2.14. The quantitative estimate of drug-likeness (QED) is 0.676. The van der Waals surface area contributed by atoms with Crippen molar-refractivity contribution >= 4 is 23.4 Å². The number of amides is 1. The molecular formula is C18H23N3OS. The van der Waals surface area contributed by atoms with Crippen molar-refractivity contribution in [2.24, 2.45) is 0 Å². The molecule has 0 fully saturated rings. The highest BCUT2D eigenvalue weighted by atomic mass is 32.2. The van der Waals surface area contributed by atoms with E-state index >= 15 is 0 Å². The second-order valence-corrected chi connectivity index (χ2v) is 7.18. The van der Waals surface area contributed by atoms with E-state index in [4.69, 9.17) is 0 Å². The maximum absolute atomic E-state index is 12.4. The van der Waals surface area contributed by atoms with Crippen molar-refractivity contribution in [2.75, 3.05) is 5.32 Å². The summed E-state index contributed by atoms with van der Waals surface area (Å²) in [5, 5.41) is 3.38. The predicted octanol–water partition coefficient (Wildman–Crippen LogP) is 4.14. The number of nitrogens with one attached hydrogen (secondary N) is 1. The lowest BCUT2D eigenvalue weighted by atomic mass is 10.1. The summed E-state index contributed by atoms with van der Waals surface area (Å²) in [7, 11) is 0.